The van der Waals surface area contributed by atoms with Crippen LogP contribution in [0.2, 0.25) is 0 Å². The van der Waals surface area contributed by atoms with Crippen molar-refractivity contribution in [1.82, 2.24) is 0 Å². The van der Waals surface area contributed by atoms with Crippen molar-refractivity contribution in [1.29, 1.82) is 0 Å². The Bertz CT molecular complexity index is 450. The summed E-state index contributed by atoms with van der Waals surface area (Å²) in [4.78, 5) is 5.38. The largest absolute Gasteiger partial charge is 0.347 e. The van der Waals surface area contributed by atoms with E-state index in [2.05, 4.69) is 34.9 Å². The van der Waals surface area contributed by atoms with E-state index < -0.39 is 0 Å². The van der Waals surface area contributed by atoms with Crippen LogP contribution >= 0.6 is 0 Å². The van der Waals surface area contributed by atoms with E-state index in [9.17, 15) is 0 Å². The predicted molar refractivity (Wildman–Crippen MR) is 67.1 cm³/mol. The van der Waals surface area contributed by atoms with Crippen LogP contribution in [0.4, 0.5) is 11.4 Å². The van der Waals surface area contributed by atoms with Gasteiger partial charge >= 0.3 is 0 Å². The first-order valence-corrected chi connectivity index (χ1v) is 6.48. The zero-order chi connectivity index (χ0) is 10.8. The standard InChI is InChI=1S/C14H18N2/c1-11-5-2-6-12-13(11)16-10-4-8-14(16)7-3-9-15(12)14/h2,5-6H,3-4,7-10H2,1H3. The quantitative estimate of drug-likeness (QED) is 0.655. The Morgan fingerprint density at radius 1 is 1.06 bits per heavy atom. The number of rotatable bonds is 0. The topological polar surface area (TPSA) is 6.48 Å². The minimum Gasteiger partial charge on any atom is -0.347 e. The van der Waals surface area contributed by atoms with Crippen molar-refractivity contribution < 1.29 is 0 Å². The molecule has 1 unspecified atom stereocenters. The second-order valence-corrected chi connectivity index (χ2v) is 5.44. The van der Waals surface area contributed by atoms with Crippen LogP contribution in [0.3, 0.4) is 0 Å². The van der Waals surface area contributed by atoms with Gasteiger partial charge in [0.15, 0.2) is 0 Å². The monoisotopic (exact) mass is 214 g/mol. The van der Waals surface area contributed by atoms with Crippen LogP contribution in [0.5, 0.6) is 0 Å². The molecule has 0 aromatic heterocycles. The lowest BCUT2D eigenvalue weighted by Gasteiger charge is -2.36. The molecular weight excluding hydrogens is 196 g/mol. The molecule has 0 aliphatic carbocycles. The van der Waals surface area contributed by atoms with Crippen molar-refractivity contribution in [2.45, 2.75) is 38.3 Å². The molecule has 1 spiro atoms. The van der Waals surface area contributed by atoms with E-state index in [-0.39, 0.29) is 0 Å². The number of hydrogen-bond donors (Lipinski definition) is 0. The van der Waals surface area contributed by atoms with E-state index in [1.54, 1.807) is 0 Å². The number of fused-ring (bicyclic) bond motifs is 3. The average molecular weight is 214 g/mol. The summed E-state index contributed by atoms with van der Waals surface area (Å²) in [6.45, 7) is 4.77. The third-order valence-electron chi connectivity index (χ3n) is 4.70. The van der Waals surface area contributed by atoms with E-state index in [1.807, 2.05) is 0 Å². The van der Waals surface area contributed by atoms with Crippen LogP contribution in [0.1, 0.15) is 31.2 Å². The third-order valence-corrected chi connectivity index (χ3v) is 4.70. The molecule has 2 fully saturated rings. The molecule has 2 saturated heterocycles. The lowest BCUT2D eigenvalue weighted by Crippen LogP contribution is -2.49. The number of para-hydroxylation sites is 1. The molecule has 3 aliphatic heterocycles. The molecule has 4 rings (SSSR count). The average Bonchev–Trinajstić information content (AvgIpc) is 2.89. The highest BCUT2D eigenvalue weighted by atomic mass is 15.5. The molecule has 1 atom stereocenters. The normalized spacial score (nSPS) is 30.6. The SMILES string of the molecule is Cc1cccc2c1N1CCCC13CCCN23. The zero-order valence-corrected chi connectivity index (χ0v) is 9.87. The highest BCUT2D eigenvalue weighted by molar-refractivity contribution is 5.83. The van der Waals surface area contributed by atoms with Gasteiger partial charge in [-0.15, -0.1) is 0 Å². The number of anilines is 2. The van der Waals surface area contributed by atoms with Crippen molar-refractivity contribution >= 4 is 11.4 Å². The molecular formula is C14H18N2. The minimum atomic E-state index is 0.383. The summed E-state index contributed by atoms with van der Waals surface area (Å²) in [5.74, 6) is 0. The van der Waals surface area contributed by atoms with Crippen molar-refractivity contribution in [3.8, 4) is 0 Å². The van der Waals surface area contributed by atoms with Crippen molar-refractivity contribution in [3.63, 3.8) is 0 Å². The minimum absolute atomic E-state index is 0.383. The Labute approximate surface area is 96.9 Å². The Morgan fingerprint density at radius 2 is 1.81 bits per heavy atom. The van der Waals surface area contributed by atoms with Crippen LogP contribution in [-0.2, 0) is 0 Å². The fourth-order valence-electron chi connectivity index (χ4n) is 4.14. The molecule has 1 aromatic carbocycles. The molecule has 0 saturated carbocycles. The van der Waals surface area contributed by atoms with Crippen molar-refractivity contribution in [2.75, 3.05) is 22.9 Å². The molecule has 2 heteroatoms. The summed E-state index contributed by atoms with van der Waals surface area (Å²) >= 11 is 0. The summed E-state index contributed by atoms with van der Waals surface area (Å²) in [6, 6.07) is 6.78. The van der Waals surface area contributed by atoms with Gasteiger partial charge in [-0.25, -0.2) is 0 Å². The fourth-order valence-corrected chi connectivity index (χ4v) is 4.14. The van der Waals surface area contributed by atoms with Crippen molar-refractivity contribution in [3.05, 3.63) is 23.8 Å². The molecule has 84 valence electrons. The molecule has 16 heavy (non-hydrogen) atoms. The Hall–Kier alpha value is -1.18. The van der Waals surface area contributed by atoms with Gasteiger partial charge in [0.05, 0.1) is 11.4 Å². The van der Waals surface area contributed by atoms with E-state index in [0.29, 0.717) is 5.66 Å². The van der Waals surface area contributed by atoms with Crippen molar-refractivity contribution in [2.24, 2.45) is 0 Å². The first-order chi connectivity index (χ1) is 7.83. The molecule has 0 radical (unpaired) electrons. The fraction of sp³-hybridized carbons (Fsp3) is 0.571. The molecule has 0 N–H and O–H groups in total. The molecule has 0 amide bonds. The molecule has 3 heterocycles. The second kappa shape index (κ2) is 2.73. The number of aryl methyl sites for hydroxylation is 1. The maximum absolute atomic E-state index is 2.70. The van der Waals surface area contributed by atoms with Crippen LogP contribution < -0.4 is 9.80 Å². The Morgan fingerprint density at radius 3 is 2.62 bits per heavy atom. The van der Waals surface area contributed by atoms with Gasteiger partial charge in [0, 0.05) is 13.1 Å². The van der Waals surface area contributed by atoms with Crippen LogP contribution in [0.15, 0.2) is 18.2 Å². The van der Waals surface area contributed by atoms with E-state index in [0.717, 1.165) is 0 Å². The van der Waals surface area contributed by atoms with Gasteiger partial charge in [-0.3, -0.25) is 0 Å². The predicted octanol–water partition coefficient (Wildman–Crippen LogP) is 2.91. The van der Waals surface area contributed by atoms with Gasteiger partial charge in [-0.2, -0.15) is 0 Å². The van der Waals surface area contributed by atoms with Gasteiger partial charge in [-0.1, -0.05) is 12.1 Å². The molecule has 0 bridgehead atoms. The smallest absolute Gasteiger partial charge is 0.113 e. The van der Waals surface area contributed by atoms with Crippen LogP contribution in [0, 0.1) is 6.92 Å². The highest BCUT2D eigenvalue weighted by Gasteiger charge is 2.54. The van der Waals surface area contributed by atoms with Gasteiger partial charge in [0.2, 0.25) is 0 Å². The first kappa shape index (κ1) is 8.91. The summed E-state index contributed by atoms with van der Waals surface area (Å²) in [5, 5.41) is 0. The number of benzene rings is 1. The summed E-state index contributed by atoms with van der Waals surface area (Å²) in [6.07, 6.45) is 5.45. The maximum atomic E-state index is 2.70. The van der Waals surface area contributed by atoms with E-state index in [4.69, 9.17) is 0 Å². The van der Waals surface area contributed by atoms with Gasteiger partial charge in [0.25, 0.3) is 0 Å². The third kappa shape index (κ3) is 0.817. The van der Waals surface area contributed by atoms with Gasteiger partial charge < -0.3 is 9.80 Å². The molecule has 3 aliphatic rings. The Kier molecular flexibility index (Phi) is 1.52. The maximum Gasteiger partial charge on any atom is 0.113 e. The van der Waals surface area contributed by atoms with Gasteiger partial charge in [0.1, 0.15) is 5.66 Å². The highest BCUT2D eigenvalue weighted by Crippen LogP contribution is 2.55. The molecule has 1 aromatic rings. The van der Waals surface area contributed by atoms with E-state index in [1.165, 1.54) is 55.7 Å². The number of nitrogens with zero attached hydrogens (tertiary/aromatic N) is 2. The summed E-state index contributed by atoms with van der Waals surface area (Å²) in [5.41, 5.74) is 4.86. The summed E-state index contributed by atoms with van der Waals surface area (Å²) in [7, 11) is 0. The van der Waals surface area contributed by atoms with E-state index >= 15 is 0 Å². The number of hydrogen-bond acceptors (Lipinski definition) is 2. The van der Waals surface area contributed by atoms with Crippen LogP contribution in [0.25, 0.3) is 0 Å². The Balaban J connectivity index is 1.98. The lowest BCUT2D eigenvalue weighted by molar-refractivity contribution is 0.460. The van der Waals surface area contributed by atoms with Crippen LogP contribution in [-0.4, -0.2) is 18.8 Å². The first-order valence-electron chi connectivity index (χ1n) is 6.48. The summed E-state index contributed by atoms with van der Waals surface area (Å²) < 4.78 is 0. The zero-order valence-electron chi connectivity index (χ0n) is 9.87. The lowest BCUT2D eigenvalue weighted by atomic mass is 10.1. The van der Waals surface area contributed by atoms with Gasteiger partial charge in [-0.05, 0) is 44.2 Å². The molecule has 2 nitrogen and oxygen atoms in total. The second-order valence-electron chi connectivity index (χ2n) is 5.44.